The third-order valence-electron chi connectivity index (χ3n) is 3.65. The highest BCUT2D eigenvalue weighted by Gasteiger charge is 2.23. The van der Waals surface area contributed by atoms with Gasteiger partial charge in [-0.05, 0) is 30.4 Å². The number of carboxylic acids is 1. The molecule has 0 radical (unpaired) electrons. The number of hydrogen-bond donors (Lipinski definition) is 2. The molecule has 0 fully saturated rings. The predicted molar refractivity (Wildman–Crippen MR) is 91.1 cm³/mol. The molecule has 0 spiro atoms. The van der Waals surface area contributed by atoms with Gasteiger partial charge in [-0.1, -0.05) is 39.0 Å². The van der Waals surface area contributed by atoms with Gasteiger partial charge < -0.3 is 10.4 Å². The molecule has 6 heteroatoms. The van der Waals surface area contributed by atoms with Crippen LogP contribution in [-0.2, 0) is 4.79 Å². The fourth-order valence-corrected chi connectivity index (χ4v) is 2.24. The largest absolute Gasteiger partial charge is 0.480 e. The van der Waals surface area contributed by atoms with Crippen molar-refractivity contribution in [3.8, 4) is 5.69 Å². The number of amides is 1. The van der Waals surface area contributed by atoms with Gasteiger partial charge in [0, 0.05) is 6.20 Å². The topological polar surface area (TPSA) is 84.2 Å². The second-order valence-electron chi connectivity index (χ2n) is 6.97. The van der Waals surface area contributed by atoms with Crippen LogP contribution in [0.4, 0.5) is 0 Å². The minimum atomic E-state index is -1.02. The molecule has 1 aromatic heterocycles. The van der Waals surface area contributed by atoms with E-state index in [9.17, 15) is 14.7 Å². The van der Waals surface area contributed by atoms with E-state index in [-0.39, 0.29) is 5.41 Å². The lowest BCUT2D eigenvalue weighted by molar-refractivity contribution is -0.139. The first-order valence-electron chi connectivity index (χ1n) is 7.90. The summed E-state index contributed by atoms with van der Waals surface area (Å²) in [5, 5.41) is 16.0. The number of para-hydroxylation sites is 1. The summed E-state index contributed by atoms with van der Waals surface area (Å²) in [6.45, 7) is 6.12. The molecule has 1 heterocycles. The molecule has 1 atom stereocenters. The number of carbonyl (C=O) groups is 2. The minimum absolute atomic E-state index is 0.0105. The molecule has 2 rings (SSSR count). The Morgan fingerprint density at radius 1 is 1.25 bits per heavy atom. The first-order chi connectivity index (χ1) is 11.3. The van der Waals surface area contributed by atoms with Crippen molar-refractivity contribution in [3.63, 3.8) is 0 Å². The van der Waals surface area contributed by atoms with Crippen molar-refractivity contribution in [1.29, 1.82) is 0 Å². The molecular weight excluding hydrogens is 306 g/mol. The number of aliphatic carboxylic acids is 1. The van der Waals surface area contributed by atoms with E-state index >= 15 is 0 Å². The van der Waals surface area contributed by atoms with E-state index in [0.29, 0.717) is 18.4 Å². The van der Waals surface area contributed by atoms with E-state index < -0.39 is 17.9 Å². The molecule has 1 amide bonds. The molecule has 128 valence electrons. The highest BCUT2D eigenvalue weighted by molar-refractivity contribution is 5.96. The maximum Gasteiger partial charge on any atom is 0.326 e. The zero-order chi connectivity index (χ0) is 17.7. The fraction of sp³-hybridized carbons (Fsp3) is 0.389. The lowest BCUT2D eigenvalue weighted by Crippen LogP contribution is -2.41. The van der Waals surface area contributed by atoms with Gasteiger partial charge in [0.05, 0.1) is 17.4 Å². The average Bonchev–Trinajstić information content (AvgIpc) is 3.01. The first kappa shape index (κ1) is 17.7. The second kappa shape index (κ2) is 7.29. The third kappa shape index (κ3) is 4.94. The molecule has 0 bridgehead atoms. The summed E-state index contributed by atoms with van der Waals surface area (Å²) in [5.41, 5.74) is 1.18. The lowest BCUT2D eigenvalue weighted by Gasteiger charge is -2.21. The van der Waals surface area contributed by atoms with Crippen molar-refractivity contribution >= 4 is 11.9 Å². The summed E-state index contributed by atoms with van der Waals surface area (Å²) < 4.78 is 1.58. The number of benzene rings is 1. The average molecular weight is 329 g/mol. The maximum atomic E-state index is 12.3. The van der Waals surface area contributed by atoms with Gasteiger partial charge in [0.2, 0.25) is 0 Å². The Hall–Kier alpha value is -2.63. The molecule has 0 aliphatic carbocycles. The highest BCUT2D eigenvalue weighted by Crippen LogP contribution is 2.21. The Kier molecular flexibility index (Phi) is 5.39. The molecule has 0 aliphatic rings. The van der Waals surface area contributed by atoms with Gasteiger partial charge >= 0.3 is 5.97 Å². The van der Waals surface area contributed by atoms with E-state index in [0.717, 1.165) is 5.69 Å². The van der Waals surface area contributed by atoms with E-state index in [4.69, 9.17) is 0 Å². The maximum absolute atomic E-state index is 12.3. The van der Waals surface area contributed by atoms with Crippen LogP contribution in [0.1, 0.15) is 44.0 Å². The number of nitrogens with zero attached hydrogens (tertiary/aromatic N) is 2. The Morgan fingerprint density at radius 2 is 1.92 bits per heavy atom. The van der Waals surface area contributed by atoms with Gasteiger partial charge in [-0.25, -0.2) is 9.48 Å². The van der Waals surface area contributed by atoms with Crippen molar-refractivity contribution in [2.24, 2.45) is 5.41 Å². The van der Waals surface area contributed by atoms with Gasteiger partial charge in [-0.3, -0.25) is 4.79 Å². The van der Waals surface area contributed by atoms with E-state index in [2.05, 4.69) is 10.4 Å². The monoisotopic (exact) mass is 329 g/mol. The molecule has 6 nitrogen and oxygen atoms in total. The van der Waals surface area contributed by atoms with Crippen LogP contribution in [0, 0.1) is 5.41 Å². The second-order valence-corrected chi connectivity index (χ2v) is 6.97. The molecule has 1 aromatic carbocycles. The highest BCUT2D eigenvalue weighted by atomic mass is 16.4. The van der Waals surface area contributed by atoms with Crippen LogP contribution in [0.5, 0.6) is 0 Å². The molecule has 0 saturated carbocycles. The van der Waals surface area contributed by atoms with Crippen molar-refractivity contribution in [2.45, 2.75) is 39.7 Å². The van der Waals surface area contributed by atoms with Crippen molar-refractivity contribution in [2.75, 3.05) is 0 Å². The van der Waals surface area contributed by atoms with Crippen molar-refractivity contribution < 1.29 is 14.7 Å². The van der Waals surface area contributed by atoms with Crippen LogP contribution in [0.3, 0.4) is 0 Å². The minimum Gasteiger partial charge on any atom is -0.480 e. The van der Waals surface area contributed by atoms with Crippen molar-refractivity contribution in [3.05, 3.63) is 48.3 Å². The Bertz CT molecular complexity index is 702. The summed E-state index contributed by atoms with van der Waals surface area (Å²) in [4.78, 5) is 23.7. The Labute approximate surface area is 141 Å². The zero-order valence-electron chi connectivity index (χ0n) is 14.2. The summed E-state index contributed by atoms with van der Waals surface area (Å²) in [7, 11) is 0. The third-order valence-corrected chi connectivity index (χ3v) is 3.65. The standard InChI is InChI=1S/C18H23N3O3/c1-18(2,3)10-9-15(17(23)24)20-16(22)13-11-19-21(12-13)14-7-5-4-6-8-14/h4-8,11-12,15H,9-10H2,1-3H3,(H,20,22)(H,23,24). The molecule has 1 unspecified atom stereocenters. The van der Waals surface area contributed by atoms with E-state index in [1.165, 1.54) is 6.20 Å². The number of carboxylic acid groups (broad SMARTS) is 1. The summed E-state index contributed by atoms with van der Waals surface area (Å²) >= 11 is 0. The quantitative estimate of drug-likeness (QED) is 0.853. The lowest BCUT2D eigenvalue weighted by atomic mass is 9.88. The normalized spacial score (nSPS) is 12.6. The number of rotatable bonds is 6. The van der Waals surface area contributed by atoms with Crippen LogP contribution in [0.25, 0.3) is 5.69 Å². The number of nitrogens with one attached hydrogen (secondary N) is 1. The molecule has 2 N–H and O–H groups in total. The van der Waals surface area contributed by atoms with Crippen LogP contribution >= 0.6 is 0 Å². The van der Waals surface area contributed by atoms with Gasteiger partial charge in [0.15, 0.2) is 0 Å². The smallest absolute Gasteiger partial charge is 0.326 e. The van der Waals surface area contributed by atoms with E-state index in [1.807, 2.05) is 51.1 Å². The van der Waals surface area contributed by atoms with E-state index in [1.54, 1.807) is 10.9 Å². The van der Waals surface area contributed by atoms with Crippen LogP contribution in [-0.4, -0.2) is 32.8 Å². The van der Waals surface area contributed by atoms with Crippen LogP contribution in [0.2, 0.25) is 0 Å². The molecular formula is C18H23N3O3. The number of aromatic nitrogens is 2. The van der Waals surface area contributed by atoms with Crippen LogP contribution < -0.4 is 5.32 Å². The summed E-state index contributed by atoms with van der Waals surface area (Å²) in [6, 6.07) is 8.49. The molecule has 2 aromatic rings. The van der Waals surface area contributed by atoms with Gasteiger partial charge in [0.25, 0.3) is 5.91 Å². The van der Waals surface area contributed by atoms with Gasteiger partial charge in [0.1, 0.15) is 6.04 Å². The van der Waals surface area contributed by atoms with Gasteiger partial charge in [-0.2, -0.15) is 5.10 Å². The zero-order valence-corrected chi connectivity index (χ0v) is 14.2. The summed E-state index contributed by atoms with van der Waals surface area (Å²) in [5.74, 6) is -1.46. The van der Waals surface area contributed by atoms with Gasteiger partial charge in [-0.15, -0.1) is 0 Å². The SMILES string of the molecule is CC(C)(C)CCC(NC(=O)c1cnn(-c2ccccc2)c1)C(=O)O. The van der Waals surface area contributed by atoms with Crippen LogP contribution in [0.15, 0.2) is 42.7 Å². The number of hydrogen-bond acceptors (Lipinski definition) is 3. The van der Waals surface area contributed by atoms with Crippen molar-refractivity contribution in [1.82, 2.24) is 15.1 Å². The predicted octanol–water partition coefficient (Wildman–Crippen LogP) is 2.88. The molecule has 24 heavy (non-hydrogen) atoms. The first-order valence-corrected chi connectivity index (χ1v) is 7.90. The Balaban J connectivity index is 2.05. The molecule has 0 saturated heterocycles. The number of carbonyl (C=O) groups excluding carboxylic acids is 1. The fourth-order valence-electron chi connectivity index (χ4n) is 2.24. The summed E-state index contributed by atoms with van der Waals surface area (Å²) in [6.07, 6.45) is 4.11. The Morgan fingerprint density at radius 3 is 2.50 bits per heavy atom. The molecule has 0 aliphatic heterocycles.